The van der Waals surface area contributed by atoms with Crippen LogP contribution in [0.4, 0.5) is 4.79 Å². The Morgan fingerprint density at radius 1 is 1.17 bits per heavy atom. The van der Waals surface area contributed by atoms with Gasteiger partial charge in [0.2, 0.25) is 0 Å². The molecule has 1 saturated heterocycles. The number of carbonyl (C=O) groups excluding carboxylic acids is 1. The monoisotopic (exact) mass is 253 g/mol. The summed E-state index contributed by atoms with van der Waals surface area (Å²) in [5, 5.41) is 3.77. The molecule has 0 aromatic carbocycles. The lowest BCUT2D eigenvalue weighted by molar-refractivity contribution is 0.175. The zero-order valence-electron chi connectivity index (χ0n) is 11.5. The first kappa shape index (κ1) is 13.7. The van der Waals surface area contributed by atoms with Crippen LogP contribution in [0, 0.1) is 5.92 Å². The molecule has 1 aliphatic carbocycles. The number of nitrogens with two attached hydrogens (primary N) is 1. The van der Waals surface area contributed by atoms with Crippen molar-refractivity contribution < 1.29 is 4.79 Å². The molecule has 1 aliphatic heterocycles. The first-order valence-corrected chi connectivity index (χ1v) is 7.47. The molecule has 4 heteroatoms. The van der Waals surface area contributed by atoms with Crippen LogP contribution >= 0.6 is 0 Å². The Morgan fingerprint density at radius 3 is 2.33 bits per heavy atom. The fraction of sp³-hybridized carbons (Fsp3) is 0.929. The van der Waals surface area contributed by atoms with Gasteiger partial charge in [-0.15, -0.1) is 0 Å². The molecule has 1 unspecified atom stereocenters. The van der Waals surface area contributed by atoms with Gasteiger partial charge in [-0.2, -0.15) is 0 Å². The van der Waals surface area contributed by atoms with Crippen LogP contribution in [-0.2, 0) is 0 Å². The van der Waals surface area contributed by atoms with Crippen molar-refractivity contribution in [1.29, 1.82) is 0 Å². The number of piperidine rings is 1. The highest BCUT2D eigenvalue weighted by molar-refractivity contribution is 5.72. The number of amides is 2. The molecule has 4 nitrogen and oxygen atoms in total. The normalized spacial score (nSPS) is 25.1. The Labute approximate surface area is 110 Å². The fourth-order valence-corrected chi connectivity index (χ4v) is 3.41. The van der Waals surface area contributed by atoms with Crippen LogP contribution in [0.2, 0.25) is 0 Å². The van der Waals surface area contributed by atoms with E-state index in [1.165, 1.54) is 32.1 Å². The van der Waals surface area contributed by atoms with Crippen molar-refractivity contribution in [3.63, 3.8) is 0 Å². The van der Waals surface area contributed by atoms with Crippen LogP contribution < -0.4 is 11.1 Å². The summed E-state index contributed by atoms with van der Waals surface area (Å²) in [5.74, 6) is 0.855. The van der Waals surface area contributed by atoms with Crippen molar-refractivity contribution in [2.24, 2.45) is 11.7 Å². The van der Waals surface area contributed by atoms with Gasteiger partial charge in [-0.1, -0.05) is 19.3 Å². The average molecular weight is 253 g/mol. The number of likely N-dealkylation sites (tertiary alicyclic amines) is 1. The van der Waals surface area contributed by atoms with Crippen molar-refractivity contribution in [2.45, 2.75) is 64.0 Å². The van der Waals surface area contributed by atoms with Crippen LogP contribution in [-0.4, -0.2) is 36.1 Å². The van der Waals surface area contributed by atoms with Crippen LogP contribution in [0.15, 0.2) is 0 Å². The number of hydrogen-bond acceptors (Lipinski definition) is 2. The maximum Gasteiger partial charge on any atom is 0.314 e. The molecular weight excluding hydrogens is 226 g/mol. The highest BCUT2D eigenvalue weighted by Crippen LogP contribution is 2.27. The molecule has 0 spiro atoms. The van der Waals surface area contributed by atoms with Crippen molar-refractivity contribution >= 4 is 6.03 Å². The smallest absolute Gasteiger partial charge is 0.314 e. The predicted octanol–water partition coefficient (Wildman–Crippen LogP) is 2.09. The van der Waals surface area contributed by atoms with E-state index in [0.717, 1.165) is 31.8 Å². The zero-order chi connectivity index (χ0) is 13.0. The Hall–Kier alpha value is -0.770. The molecule has 104 valence electrons. The maximum absolute atomic E-state index is 11.1. The molecule has 1 saturated carbocycles. The highest BCUT2D eigenvalue weighted by Gasteiger charge is 2.25. The second-order valence-electron chi connectivity index (χ2n) is 5.95. The number of primary amides is 1. The third-order valence-corrected chi connectivity index (χ3v) is 4.66. The maximum atomic E-state index is 11.1. The summed E-state index contributed by atoms with van der Waals surface area (Å²) in [5.41, 5.74) is 5.30. The Morgan fingerprint density at radius 2 is 1.78 bits per heavy atom. The third-order valence-electron chi connectivity index (χ3n) is 4.66. The second kappa shape index (κ2) is 6.41. The number of nitrogens with zero attached hydrogens (tertiary/aromatic N) is 1. The van der Waals surface area contributed by atoms with Gasteiger partial charge in [-0.3, -0.25) is 0 Å². The SMILES string of the molecule is CC(NC1CCN(C(N)=O)CC1)C1CCCCC1. The van der Waals surface area contributed by atoms with Crippen molar-refractivity contribution in [3.8, 4) is 0 Å². The van der Waals surface area contributed by atoms with E-state index in [9.17, 15) is 4.79 Å². The van der Waals surface area contributed by atoms with E-state index in [1.807, 2.05) is 0 Å². The molecule has 2 rings (SSSR count). The summed E-state index contributed by atoms with van der Waals surface area (Å²) in [4.78, 5) is 12.8. The zero-order valence-corrected chi connectivity index (χ0v) is 11.5. The van der Waals surface area contributed by atoms with Crippen LogP contribution in [0.1, 0.15) is 51.9 Å². The Balaban J connectivity index is 1.71. The summed E-state index contributed by atoms with van der Waals surface area (Å²) in [6.07, 6.45) is 9.07. The lowest BCUT2D eigenvalue weighted by Crippen LogP contribution is -2.50. The minimum absolute atomic E-state index is 0.270. The van der Waals surface area contributed by atoms with E-state index in [2.05, 4.69) is 12.2 Å². The minimum Gasteiger partial charge on any atom is -0.351 e. The average Bonchev–Trinajstić information content (AvgIpc) is 2.40. The van der Waals surface area contributed by atoms with Crippen LogP contribution in [0.5, 0.6) is 0 Å². The van der Waals surface area contributed by atoms with Gasteiger partial charge in [-0.05, 0) is 38.5 Å². The molecule has 0 aromatic rings. The van der Waals surface area contributed by atoms with E-state index < -0.39 is 0 Å². The topological polar surface area (TPSA) is 58.4 Å². The lowest BCUT2D eigenvalue weighted by atomic mass is 9.84. The fourth-order valence-electron chi connectivity index (χ4n) is 3.41. The van der Waals surface area contributed by atoms with Gasteiger partial charge >= 0.3 is 6.03 Å². The second-order valence-corrected chi connectivity index (χ2v) is 5.95. The van der Waals surface area contributed by atoms with Gasteiger partial charge in [0.15, 0.2) is 0 Å². The van der Waals surface area contributed by atoms with Gasteiger partial charge in [0.25, 0.3) is 0 Å². The van der Waals surface area contributed by atoms with E-state index in [1.54, 1.807) is 4.90 Å². The standard InChI is InChI=1S/C14H27N3O/c1-11(12-5-3-2-4-6-12)16-13-7-9-17(10-8-13)14(15)18/h11-13,16H,2-10H2,1H3,(H2,15,18). The van der Waals surface area contributed by atoms with Crippen LogP contribution in [0.3, 0.4) is 0 Å². The summed E-state index contributed by atoms with van der Waals surface area (Å²) in [7, 11) is 0. The van der Waals surface area contributed by atoms with Gasteiger partial charge in [0, 0.05) is 25.2 Å². The summed E-state index contributed by atoms with van der Waals surface area (Å²) < 4.78 is 0. The molecular formula is C14H27N3O. The summed E-state index contributed by atoms with van der Waals surface area (Å²) in [6.45, 7) is 3.95. The molecule has 0 radical (unpaired) electrons. The van der Waals surface area contributed by atoms with Gasteiger partial charge in [0.1, 0.15) is 0 Å². The quantitative estimate of drug-likeness (QED) is 0.809. The molecule has 0 aromatic heterocycles. The van der Waals surface area contributed by atoms with E-state index in [4.69, 9.17) is 5.73 Å². The number of rotatable bonds is 3. The largest absolute Gasteiger partial charge is 0.351 e. The molecule has 18 heavy (non-hydrogen) atoms. The van der Waals surface area contributed by atoms with Crippen molar-refractivity contribution in [1.82, 2.24) is 10.2 Å². The van der Waals surface area contributed by atoms with Crippen molar-refractivity contribution in [2.75, 3.05) is 13.1 Å². The first-order chi connectivity index (χ1) is 8.66. The number of urea groups is 1. The molecule has 0 bridgehead atoms. The molecule has 1 heterocycles. The first-order valence-electron chi connectivity index (χ1n) is 7.47. The Kier molecular flexibility index (Phi) is 4.87. The van der Waals surface area contributed by atoms with E-state index >= 15 is 0 Å². The van der Waals surface area contributed by atoms with Gasteiger partial charge < -0.3 is 16.0 Å². The molecule has 2 fully saturated rings. The van der Waals surface area contributed by atoms with E-state index in [-0.39, 0.29) is 6.03 Å². The summed E-state index contributed by atoms with van der Waals surface area (Å²) >= 11 is 0. The van der Waals surface area contributed by atoms with Gasteiger partial charge in [-0.25, -0.2) is 4.79 Å². The number of carbonyl (C=O) groups is 1. The predicted molar refractivity (Wildman–Crippen MR) is 73.4 cm³/mol. The van der Waals surface area contributed by atoms with E-state index in [0.29, 0.717) is 12.1 Å². The van der Waals surface area contributed by atoms with Crippen molar-refractivity contribution in [3.05, 3.63) is 0 Å². The molecule has 1 atom stereocenters. The number of nitrogens with one attached hydrogen (secondary N) is 1. The number of hydrogen-bond donors (Lipinski definition) is 2. The van der Waals surface area contributed by atoms with Crippen LogP contribution in [0.25, 0.3) is 0 Å². The lowest BCUT2D eigenvalue weighted by Gasteiger charge is -2.36. The third kappa shape index (κ3) is 3.61. The molecule has 2 amide bonds. The summed E-state index contributed by atoms with van der Waals surface area (Å²) in [6, 6.07) is 0.918. The molecule has 3 N–H and O–H groups in total. The minimum atomic E-state index is -0.270. The molecule has 2 aliphatic rings. The Bertz CT molecular complexity index is 268. The highest BCUT2D eigenvalue weighted by atomic mass is 16.2. The van der Waals surface area contributed by atoms with Gasteiger partial charge in [0.05, 0.1) is 0 Å².